The van der Waals surface area contributed by atoms with Crippen LogP contribution >= 0.6 is 0 Å². The number of hydrogen-bond acceptors (Lipinski definition) is 4. The number of guanidine groups is 1. The Morgan fingerprint density at radius 3 is 2.62 bits per heavy atom. The molecular formula is C22H31N5O2. The van der Waals surface area contributed by atoms with Crippen LogP contribution in [0.2, 0.25) is 0 Å². The van der Waals surface area contributed by atoms with Gasteiger partial charge in [-0.25, -0.2) is 4.98 Å². The summed E-state index contributed by atoms with van der Waals surface area (Å²) in [6.45, 7) is 7.89. The molecule has 1 aromatic heterocycles. The lowest BCUT2D eigenvalue weighted by Gasteiger charge is -2.13. The second kappa shape index (κ2) is 11.7. The molecule has 0 saturated heterocycles. The Kier molecular flexibility index (Phi) is 8.95. The smallest absolute Gasteiger partial charge is 0.227 e. The van der Waals surface area contributed by atoms with Crippen molar-refractivity contribution in [1.82, 2.24) is 15.6 Å². The molecule has 0 bridgehead atoms. The van der Waals surface area contributed by atoms with Gasteiger partial charge < -0.3 is 20.7 Å². The van der Waals surface area contributed by atoms with E-state index >= 15 is 0 Å². The second-order valence-corrected chi connectivity index (χ2v) is 6.77. The summed E-state index contributed by atoms with van der Waals surface area (Å²) in [5.41, 5.74) is 3.41. The van der Waals surface area contributed by atoms with Crippen LogP contribution in [0.15, 0.2) is 41.5 Å². The summed E-state index contributed by atoms with van der Waals surface area (Å²) in [5.74, 6) is 2.04. The van der Waals surface area contributed by atoms with E-state index in [1.807, 2.05) is 32.0 Å². The Bertz CT molecular complexity index is 818. The van der Waals surface area contributed by atoms with Gasteiger partial charge in [-0.1, -0.05) is 23.8 Å². The normalized spacial score (nSPS) is 11.1. The highest BCUT2D eigenvalue weighted by molar-refractivity contribution is 5.90. The molecule has 0 atom stereocenters. The molecule has 1 amide bonds. The molecule has 1 aromatic carbocycles. The number of aryl methyl sites for hydroxylation is 2. The number of amides is 1. The zero-order valence-corrected chi connectivity index (χ0v) is 17.7. The highest BCUT2D eigenvalue weighted by Gasteiger charge is 2.06. The fourth-order valence-electron chi connectivity index (χ4n) is 2.78. The Labute approximate surface area is 173 Å². The van der Waals surface area contributed by atoms with Crippen LogP contribution < -0.4 is 20.7 Å². The molecule has 0 aliphatic heterocycles. The third-order valence-electron chi connectivity index (χ3n) is 4.25. The summed E-state index contributed by atoms with van der Waals surface area (Å²) in [7, 11) is 1.68. The fraction of sp³-hybridized carbons (Fsp3) is 0.409. The number of aromatic nitrogens is 1. The van der Waals surface area contributed by atoms with Crippen LogP contribution in [-0.2, 0) is 11.2 Å². The first-order valence-corrected chi connectivity index (χ1v) is 9.90. The minimum atomic E-state index is -0.106. The minimum Gasteiger partial charge on any atom is -0.496 e. The monoisotopic (exact) mass is 397 g/mol. The van der Waals surface area contributed by atoms with E-state index in [-0.39, 0.29) is 12.3 Å². The highest BCUT2D eigenvalue weighted by atomic mass is 16.5. The van der Waals surface area contributed by atoms with Crippen LogP contribution in [0, 0.1) is 13.8 Å². The van der Waals surface area contributed by atoms with Crippen molar-refractivity contribution in [3.8, 4) is 5.75 Å². The highest BCUT2D eigenvalue weighted by Crippen LogP contribution is 2.19. The standard InChI is InChI=1S/C22H31N5O2/c1-5-23-22(24-12-10-18-14-16(2)6-8-19(18)29-4)25-13-11-21(28)27-20-9-7-17(3)15-26-20/h6-9,14-15H,5,10-13H2,1-4H3,(H2,23,24,25)(H,26,27,28). The van der Waals surface area contributed by atoms with Crippen molar-refractivity contribution in [3.63, 3.8) is 0 Å². The number of rotatable bonds is 9. The fourth-order valence-corrected chi connectivity index (χ4v) is 2.78. The first kappa shape index (κ1) is 22.2. The molecule has 0 fully saturated rings. The van der Waals surface area contributed by atoms with Gasteiger partial charge in [0.1, 0.15) is 11.6 Å². The average Bonchev–Trinajstić information content (AvgIpc) is 2.70. The van der Waals surface area contributed by atoms with Crippen LogP contribution in [0.3, 0.4) is 0 Å². The summed E-state index contributed by atoms with van der Waals surface area (Å²) < 4.78 is 5.43. The van der Waals surface area contributed by atoms with Crippen molar-refractivity contribution in [1.29, 1.82) is 0 Å². The Hall–Kier alpha value is -3.09. The zero-order valence-electron chi connectivity index (χ0n) is 17.7. The summed E-state index contributed by atoms with van der Waals surface area (Å²) in [6, 6.07) is 9.87. The molecule has 156 valence electrons. The van der Waals surface area contributed by atoms with Crippen molar-refractivity contribution in [3.05, 3.63) is 53.2 Å². The second-order valence-electron chi connectivity index (χ2n) is 6.77. The number of ether oxygens (including phenoxy) is 1. The molecule has 7 nitrogen and oxygen atoms in total. The zero-order chi connectivity index (χ0) is 21.1. The van der Waals surface area contributed by atoms with Crippen LogP contribution in [0.4, 0.5) is 5.82 Å². The number of nitrogens with one attached hydrogen (secondary N) is 3. The van der Waals surface area contributed by atoms with Gasteiger partial charge in [0, 0.05) is 25.7 Å². The maximum Gasteiger partial charge on any atom is 0.227 e. The Morgan fingerprint density at radius 1 is 1.14 bits per heavy atom. The maximum atomic E-state index is 12.1. The molecule has 2 aromatic rings. The topological polar surface area (TPSA) is 87.6 Å². The molecule has 2 rings (SSSR count). The van der Waals surface area contributed by atoms with Crippen LogP contribution in [0.5, 0.6) is 5.75 Å². The van der Waals surface area contributed by atoms with E-state index in [0.717, 1.165) is 29.8 Å². The molecule has 0 aliphatic carbocycles. The first-order valence-electron chi connectivity index (χ1n) is 9.90. The van der Waals surface area contributed by atoms with Gasteiger partial charge in [-0.3, -0.25) is 9.79 Å². The quantitative estimate of drug-likeness (QED) is 0.447. The molecule has 7 heteroatoms. The van der Waals surface area contributed by atoms with Gasteiger partial charge in [0.15, 0.2) is 5.96 Å². The van der Waals surface area contributed by atoms with Gasteiger partial charge in [-0.15, -0.1) is 0 Å². The lowest BCUT2D eigenvalue weighted by atomic mass is 10.1. The van der Waals surface area contributed by atoms with Crippen LogP contribution in [-0.4, -0.2) is 43.6 Å². The van der Waals surface area contributed by atoms with E-state index in [0.29, 0.717) is 24.9 Å². The molecule has 29 heavy (non-hydrogen) atoms. The Morgan fingerprint density at radius 2 is 1.93 bits per heavy atom. The van der Waals surface area contributed by atoms with Gasteiger partial charge >= 0.3 is 0 Å². The van der Waals surface area contributed by atoms with Gasteiger partial charge in [0.2, 0.25) is 5.91 Å². The van der Waals surface area contributed by atoms with E-state index in [1.165, 1.54) is 5.56 Å². The lowest BCUT2D eigenvalue weighted by molar-refractivity contribution is -0.116. The SMILES string of the molecule is CCNC(=NCCC(=O)Nc1ccc(C)cn1)NCCc1cc(C)ccc1OC. The molecule has 0 saturated carbocycles. The number of methoxy groups -OCH3 is 1. The summed E-state index contributed by atoms with van der Waals surface area (Å²) >= 11 is 0. The van der Waals surface area contributed by atoms with Crippen molar-refractivity contribution < 1.29 is 9.53 Å². The van der Waals surface area contributed by atoms with Crippen LogP contribution in [0.1, 0.15) is 30.0 Å². The molecule has 0 unspecified atom stereocenters. The first-order chi connectivity index (χ1) is 14.0. The van der Waals surface area contributed by atoms with E-state index < -0.39 is 0 Å². The maximum absolute atomic E-state index is 12.1. The third kappa shape index (κ3) is 7.81. The van der Waals surface area contributed by atoms with Gasteiger partial charge in [-0.2, -0.15) is 0 Å². The van der Waals surface area contributed by atoms with E-state index in [9.17, 15) is 4.79 Å². The summed E-state index contributed by atoms with van der Waals surface area (Å²) in [4.78, 5) is 20.7. The lowest BCUT2D eigenvalue weighted by Crippen LogP contribution is -2.38. The largest absolute Gasteiger partial charge is 0.496 e. The number of carbonyl (C=O) groups is 1. The number of nitrogens with zero attached hydrogens (tertiary/aromatic N) is 2. The predicted molar refractivity (Wildman–Crippen MR) is 118 cm³/mol. The number of benzene rings is 1. The summed E-state index contributed by atoms with van der Waals surface area (Å²) in [6.07, 6.45) is 2.83. The van der Waals surface area contributed by atoms with Crippen LogP contribution in [0.25, 0.3) is 0 Å². The Balaban J connectivity index is 1.82. The predicted octanol–water partition coefficient (Wildman–Crippen LogP) is 2.83. The third-order valence-corrected chi connectivity index (χ3v) is 4.25. The van der Waals surface area contributed by atoms with Crippen molar-refractivity contribution in [2.24, 2.45) is 4.99 Å². The molecule has 0 aliphatic rings. The number of hydrogen-bond donors (Lipinski definition) is 3. The van der Waals surface area contributed by atoms with Crippen molar-refractivity contribution in [2.45, 2.75) is 33.6 Å². The van der Waals surface area contributed by atoms with Crippen molar-refractivity contribution >= 4 is 17.7 Å². The number of carbonyl (C=O) groups excluding carboxylic acids is 1. The molecule has 1 heterocycles. The molecular weight excluding hydrogens is 366 g/mol. The van der Waals surface area contributed by atoms with Crippen molar-refractivity contribution in [2.75, 3.05) is 32.1 Å². The molecule has 0 spiro atoms. The number of aliphatic imine (C=N–C) groups is 1. The summed E-state index contributed by atoms with van der Waals surface area (Å²) in [5, 5.41) is 9.29. The van der Waals surface area contributed by atoms with Gasteiger partial charge in [-0.05, 0) is 50.5 Å². The average molecular weight is 398 g/mol. The van der Waals surface area contributed by atoms with E-state index in [4.69, 9.17) is 4.74 Å². The molecule has 3 N–H and O–H groups in total. The van der Waals surface area contributed by atoms with Gasteiger partial charge in [0.05, 0.1) is 13.7 Å². The van der Waals surface area contributed by atoms with E-state index in [2.05, 4.69) is 38.9 Å². The van der Waals surface area contributed by atoms with Gasteiger partial charge in [0.25, 0.3) is 0 Å². The molecule has 0 radical (unpaired) electrons. The van der Waals surface area contributed by atoms with E-state index in [1.54, 1.807) is 19.4 Å². The number of pyridine rings is 1. The minimum absolute atomic E-state index is 0.106. The number of anilines is 1.